The summed E-state index contributed by atoms with van der Waals surface area (Å²) >= 11 is 1.53. The highest BCUT2D eigenvalue weighted by molar-refractivity contribution is 8.16. The van der Waals surface area contributed by atoms with Gasteiger partial charge in [-0.3, -0.25) is 0 Å². The highest BCUT2D eigenvalue weighted by Gasteiger charge is 2.22. The summed E-state index contributed by atoms with van der Waals surface area (Å²) < 4.78 is 0. The van der Waals surface area contributed by atoms with Gasteiger partial charge in [0.25, 0.3) is 0 Å². The van der Waals surface area contributed by atoms with Gasteiger partial charge in [-0.2, -0.15) is 0 Å². The molecular formula is C7H6N2OS. The molecule has 0 aromatic heterocycles. The molecule has 0 spiro atoms. The largest absolute Gasteiger partial charge is 0.313 e. The first-order valence-corrected chi connectivity index (χ1v) is 4.11. The van der Waals surface area contributed by atoms with Crippen molar-refractivity contribution in [2.75, 3.05) is 0 Å². The SMILES string of the molecule is O=CC1C=CN=C2SC=CN21. The molecular weight excluding hydrogens is 160 g/mol. The maximum atomic E-state index is 10.5. The van der Waals surface area contributed by atoms with Gasteiger partial charge in [0.2, 0.25) is 0 Å². The van der Waals surface area contributed by atoms with E-state index in [0.717, 1.165) is 11.5 Å². The number of hydrogen-bond donors (Lipinski definition) is 0. The Hall–Kier alpha value is -1.03. The van der Waals surface area contributed by atoms with Crippen LogP contribution in [-0.2, 0) is 4.79 Å². The average Bonchev–Trinajstić information content (AvgIpc) is 2.50. The third kappa shape index (κ3) is 0.991. The Kier molecular flexibility index (Phi) is 1.54. The van der Waals surface area contributed by atoms with Crippen LogP contribution in [-0.4, -0.2) is 22.4 Å². The lowest BCUT2D eigenvalue weighted by Crippen LogP contribution is -2.33. The predicted molar refractivity (Wildman–Crippen MR) is 45.0 cm³/mol. The fraction of sp³-hybridized carbons (Fsp3) is 0.143. The van der Waals surface area contributed by atoms with Gasteiger partial charge in [0.15, 0.2) is 5.17 Å². The third-order valence-electron chi connectivity index (χ3n) is 1.54. The Morgan fingerprint density at radius 2 is 2.64 bits per heavy atom. The van der Waals surface area contributed by atoms with Crippen LogP contribution in [0.1, 0.15) is 0 Å². The molecule has 0 amide bonds. The molecule has 0 bridgehead atoms. The first kappa shape index (κ1) is 6.67. The van der Waals surface area contributed by atoms with Crippen molar-refractivity contribution < 1.29 is 4.79 Å². The van der Waals surface area contributed by atoms with Crippen molar-refractivity contribution in [2.24, 2.45) is 4.99 Å². The number of aliphatic imine (C=N–C) groups is 1. The highest BCUT2D eigenvalue weighted by Crippen LogP contribution is 2.24. The quantitative estimate of drug-likeness (QED) is 0.544. The number of nitrogens with zero attached hydrogens (tertiary/aromatic N) is 2. The smallest absolute Gasteiger partial charge is 0.173 e. The summed E-state index contributed by atoms with van der Waals surface area (Å²) in [6.45, 7) is 0. The van der Waals surface area contributed by atoms with E-state index in [1.807, 2.05) is 16.5 Å². The summed E-state index contributed by atoms with van der Waals surface area (Å²) in [7, 11) is 0. The minimum absolute atomic E-state index is 0.159. The van der Waals surface area contributed by atoms with Crippen LogP contribution in [0, 0.1) is 0 Å². The zero-order valence-electron chi connectivity index (χ0n) is 5.68. The van der Waals surface area contributed by atoms with E-state index in [-0.39, 0.29) is 6.04 Å². The summed E-state index contributed by atoms with van der Waals surface area (Å²) in [4.78, 5) is 16.4. The van der Waals surface area contributed by atoms with Crippen molar-refractivity contribution in [2.45, 2.75) is 6.04 Å². The van der Waals surface area contributed by atoms with E-state index < -0.39 is 0 Å². The lowest BCUT2D eigenvalue weighted by molar-refractivity contribution is -0.109. The molecule has 0 radical (unpaired) electrons. The van der Waals surface area contributed by atoms with Crippen molar-refractivity contribution in [3.8, 4) is 0 Å². The van der Waals surface area contributed by atoms with Gasteiger partial charge in [-0.1, -0.05) is 11.8 Å². The van der Waals surface area contributed by atoms with Crippen molar-refractivity contribution in [3.63, 3.8) is 0 Å². The lowest BCUT2D eigenvalue weighted by Gasteiger charge is -2.22. The summed E-state index contributed by atoms with van der Waals surface area (Å²) in [6, 6.07) is -0.159. The van der Waals surface area contributed by atoms with Crippen LogP contribution in [0.25, 0.3) is 0 Å². The van der Waals surface area contributed by atoms with Gasteiger partial charge in [-0.25, -0.2) is 4.99 Å². The fourth-order valence-corrected chi connectivity index (χ4v) is 1.74. The second kappa shape index (κ2) is 2.54. The molecule has 0 N–H and O–H groups in total. The molecule has 2 rings (SSSR count). The Balaban J connectivity index is 2.30. The normalized spacial score (nSPS) is 26.7. The van der Waals surface area contributed by atoms with Crippen molar-refractivity contribution in [1.29, 1.82) is 0 Å². The number of rotatable bonds is 1. The van der Waals surface area contributed by atoms with Crippen LogP contribution in [0.5, 0.6) is 0 Å². The van der Waals surface area contributed by atoms with Crippen LogP contribution in [0.3, 0.4) is 0 Å². The number of hydrogen-bond acceptors (Lipinski definition) is 4. The molecule has 56 valence electrons. The molecule has 2 aliphatic rings. The van der Waals surface area contributed by atoms with E-state index in [2.05, 4.69) is 4.99 Å². The predicted octanol–water partition coefficient (Wildman–Crippen LogP) is 0.957. The maximum absolute atomic E-state index is 10.5. The molecule has 0 fully saturated rings. The molecule has 11 heavy (non-hydrogen) atoms. The van der Waals surface area contributed by atoms with E-state index in [1.165, 1.54) is 11.8 Å². The molecule has 1 atom stereocenters. The van der Waals surface area contributed by atoms with E-state index in [4.69, 9.17) is 0 Å². The van der Waals surface area contributed by atoms with Crippen molar-refractivity contribution in [3.05, 3.63) is 23.9 Å². The maximum Gasteiger partial charge on any atom is 0.173 e. The van der Waals surface area contributed by atoms with E-state index in [9.17, 15) is 4.79 Å². The monoisotopic (exact) mass is 166 g/mol. The van der Waals surface area contributed by atoms with Crippen LogP contribution >= 0.6 is 11.8 Å². The van der Waals surface area contributed by atoms with Crippen LogP contribution in [0.4, 0.5) is 0 Å². The van der Waals surface area contributed by atoms with Gasteiger partial charge < -0.3 is 9.69 Å². The van der Waals surface area contributed by atoms with Gasteiger partial charge in [-0.05, 0) is 11.5 Å². The van der Waals surface area contributed by atoms with Crippen molar-refractivity contribution >= 4 is 23.2 Å². The molecule has 3 nitrogen and oxygen atoms in total. The van der Waals surface area contributed by atoms with E-state index in [1.54, 1.807) is 12.3 Å². The topological polar surface area (TPSA) is 32.7 Å². The third-order valence-corrected chi connectivity index (χ3v) is 2.33. The van der Waals surface area contributed by atoms with E-state index in [0.29, 0.717) is 0 Å². The Bertz CT molecular complexity index is 270. The van der Waals surface area contributed by atoms with Gasteiger partial charge in [0.1, 0.15) is 12.3 Å². The van der Waals surface area contributed by atoms with Gasteiger partial charge in [-0.15, -0.1) is 0 Å². The Morgan fingerprint density at radius 1 is 1.73 bits per heavy atom. The average molecular weight is 166 g/mol. The minimum Gasteiger partial charge on any atom is -0.313 e. The van der Waals surface area contributed by atoms with Crippen LogP contribution < -0.4 is 0 Å². The van der Waals surface area contributed by atoms with Gasteiger partial charge in [0.05, 0.1) is 0 Å². The summed E-state index contributed by atoms with van der Waals surface area (Å²) in [6.07, 6.45) is 6.21. The standard InChI is InChI=1S/C7H6N2OS/c10-5-6-1-2-8-7-9(6)3-4-11-7/h1-6H. The molecule has 1 unspecified atom stereocenters. The number of carbonyl (C=O) groups excluding carboxylic acids is 1. The molecule has 0 saturated heterocycles. The number of carbonyl (C=O) groups is 1. The molecule has 0 aliphatic carbocycles. The fourth-order valence-electron chi connectivity index (χ4n) is 1.00. The Morgan fingerprint density at radius 3 is 3.45 bits per heavy atom. The molecule has 0 aromatic rings. The van der Waals surface area contributed by atoms with Crippen LogP contribution in [0.15, 0.2) is 28.9 Å². The molecule has 4 heteroatoms. The Labute approximate surface area is 68.5 Å². The zero-order chi connectivity index (χ0) is 7.68. The highest BCUT2D eigenvalue weighted by atomic mass is 32.2. The second-order valence-electron chi connectivity index (χ2n) is 2.19. The zero-order valence-corrected chi connectivity index (χ0v) is 6.49. The molecule has 0 aromatic carbocycles. The van der Waals surface area contributed by atoms with Crippen molar-refractivity contribution in [1.82, 2.24) is 4.90 Å². The van der Waals surface area contributed by atoms with Gasteiger partial charge in [0, 0.05) is 12.4 Å². The molecule has 2 aliphatic heterocycles. The van der Waals surface area contributed by atoms with Gasteiger partial charge >= 0.3 is 0 Å². The lowest BCUT2D eigenvalue weighted by atomic mass is 10.3. The number of fused-ring (bicyclic) bond motifs is 1. The second-order valence-corrected chi connectivity index (χ2v) is 3.06. The number of thioether (sulfide) groups is 1. The first-order chi connectivity index (χ1) is 5.42. The summed E-state index contributed by atoms with van der Waals surface area (Å²) in [5.41, 5.74) is 0. The minimum atomic E-state index is -0.159. The van der Waals surface area contributed by atoms with Crippen LogP contribution in [0.2, 0.25) is 0 Å². The summed E-state index contributed by atoms with van der Waals surface area (Å²) in [5.74, 6) is 0. The number of amidine groups is 1. The first-order valence-electron chi connectivity index (χ1n) is 3.23. The molecule has 0 saturated carbocycles. The number of aldehydes is 1. The molecule has 2 heterocycles. The van der Waals surface area contributed by atoms with E-state index >= 15 is 0 Å². The summed E-state index contributed by atoms with van der Waals surface area (Å²) in [5, 5.41) is 2.80.